The summed E-state index contributed by atoms with van der Waals surface area (Å²) in [4.78, 5) is 0. The molecule has 0 bridgehead atoms. The summed E-state index contributed by atoms with van der Waals surface area (Å²) >= 11 is 9.35. The molecule has 0 aromatic carbocycles. The lowest BCUT2D eigenvalue weighted by molar-refractivity contribution is 0.337. The van der Waals surface area contributed by atoms with Gasteiger partial charge in [-0.1, -0.05) is 32.1 Å². The Morgan fingerprint density at radius 2 is 1.92 bits per heavy atom. The summed E-state index contributed by atoms with van der Waals surface area (Å²) in [7, 11) is 0. The molecule has 0 radical (unpaired) electrons. The maximum absolute atomic E-state index is 5.07. The van der Waals surface area contributed by atoms with E-state index in [4.69, 9.17) is 11.8 Å². The first-order valence-corrected chi connectivity index (χ1v) is 8.62. The quantitative estimate of drug-likeness (QED) is 0.550. The molecule has 3 heteroatoms. The molecule has 0 heterocycles. The minimum atomic E-state index is -0.350. The van der Waals surface area contributed by atoms with Gasteiger partial charge in [0.25, 0.3) is 0 Å². The molecule has 1 fully saturated rings. The fourth-order valence-corrected chi connectivity index (χ4v) is 3.26. The zero-order valence-corrected chi connectivity index (χ0v) is 10.1. The molecule has 1 atom stereocenters. The summed E-state index contributed by atoms with van der Waals surface area (Å²) in [6.45, 7) is 0. The summed E-state index contributed by atoms with van der Waals surface area (Å²) in [5.41, 5.74) is 0. The average molecular weight is 221 g/mol. The number of rotatable bonds is 4. The molecule has 12 heavy (non-hydrogen) atoms. The molecule has 1 unspecified atom stereocenters. The second-order valence-corrected chi connectivity index (χ2v) is 8.46. The van der Waals surface area contributed by atoms with Crippen molar-refractivity contribution >= 4 is 30.0 Å². The van der Waals surface area contributed by atoms with E-state index in [0.717, 1.165) is 5.92 Å². The molecule has 0 saturated heterocycles. The third kappa shape index (κ3) is 4.79. The highest BCUT2D eigenvalue weighted by molar-refractivity contribution is 8.56. The molecule has 70 valence electrons. The Hall–Kier alpha value is 0.870. The van der Waals surface area contributed by atoms with Crippen molar-refractivity contribution in [2.75, 3.05) is 6.16 Å². The molecular weight excluding hydrogens is 203 g/mol. The van der Waals surface area contributed by atoms with Crippen LogP contribution < -0.4 is 0 Å². The highest BCUT2D eigenvalue weighted by atomic mass is 32.9. The van der Waals surface area contributed by atoms with Gasteiger partial charge in [-0.25, -0.2) is 0 Å². The number of hydrogen-bond donors (Lipinski definition) is 1. The van der Waals surface area contributed by atoms with Crippen molar-refractivity contribution in [1.82, 2.24) is 0 Å². The van der Waals surface area contributed by atoms with Crippen LogP contribution in [0.4, 0.5) is 0 Å². The fraction of sp³-hybridized carbons (Fsp3) is 1.00. The van der Waals surface area contributed by atoms with Gasteiger partial charge < -0.3 is 0 Å². The lowest BCUT2D eigenvalue weighted by Gasteiger charge is -2.20. The molecule has 1 rings (SSSR count). The predicted octanol–water partition coefficient (Wildman–Crippen LogP) is 4.14. The van der Waals surface area contributed by atoms with E-state index in [-0.39, 0.29) is 5.90 Å². The van der Waals surface area contributed by atoms with Crippen LogP contribution >= 0.6 is 18.1 Å². The van der Waals surface area contributed by atoms with Crippen LogP contribution in [0.15, 0.2) is 0 Å². The van der Waals surface area contributed by atoms with Crippen LogP contribution in [-0.2, 0) is 11.8 Å². The Balaban J connectivity index is 2.01. The van der Waals surface area contributed by atoms with Crippen molar-refractivity contribution in [3.8, 4) is 0 Å². The summed E-state index contributed by atoms with van der Waals surface area (Å²) in [6, 6.07) is 0. The maximum atomic E-state index is 5.07. The van der Waals surface area contributed by atoms with Crippen molar-refractivity contribution in [3.05, 3.63) is 0 Å². The highest BCUT2D eigenvalue weighted by Gasteiger charge is 2.14. The molecule has 0 aromatic heterocycles. The Labute approximate surface area is 87.1 Å². The molecular formula is C9H18PS2+. The van der Waals surface area contributed by atoms with Crippen LogP contribution in [-0.4, -0.2) is 6.16 Å². The first kappa shape index (κ1) is 10.9. The normalized spacial score (nSPS) is 20.9. The van der Waals surface area contributed by atoms with E-state index < -0.39 is 0 Å². The van der Waals surface area contributed by atoms with Crippen LogP contribution in [0, 0.1) is 5.92 Å². The van der Waals surface area contributed by atoms with Gasteiger partial charge >= 0.3 is 0 Å². The van der Waals surface area contributed by atoms with Gasteiger partial charge in [-0.2, -0.15) is 0 Å². The average Bonchev–Trinajstić information content (AvgIpc) is 2.05. The summed E-state index contributed by atoms with van der Waals surface area (Å²) in [5.74, 6) is 0.675. The van der Waals surface area contributed by atoms with Crippen molar-refractivity contribution in [1.29, 1.82) is 0 Å². The van der Waals surface area contributed by atoms with E-state index in [1.54, 1.807) is 0 Å². The van der Waals surface area contributed by atoms with Gasteiger partial charge in [0.05, 0.1) is 12.2 Å². The molecule has 0 spiro atoms. The monoisotopic (exact) mass is 221 g/mol. The second-order valence-electron chi connectivity index (χ2n) is 3.72. The smallest absolute Gasteiger partial charge is 0.0533 e. The van der Waals surface area contributed by atoms with Gasteiger partial charge in [0.2, 0.25) is 5.90 Å². The van der Waals surface area contributed by atoms with Crippen molar-refractivity contribution in [3.63, 3.8) is 0 Å². The molecule has 1 aliphatic rings. The van der Waals surface area contributed by atoms with Crippen LogP contribution in [0.2, 0.25) is 0 Å². The van der Waals surface area contributed by atoms with E-state index in [9.17, 15) is 0 Å². The minimum Gasteiger partial charge on any atom is -0.0533 e. The number of thiol groups is 1. The van der Waals surface area contributed by atoms with Crippen LogP contribution in [0.3, 0.4) is 0 Å². The Morgan fingerprint density at radius 1 is 1.25 bits per heavy atom. The Morgan fingerprint density at radius 3 is 2.50 bits per heavy atom. The molecule has 0 N–H and O–H groups in total. The minimum absolute atomic E-state index is 0.350. The van der Waals surface area contributed by atoms with E-state index in [0.29, 0.717) is 0 Å². The third-order valence-electron chi connectivity index (χ3n) is 2.69. The number of hydrogen-bond acceptors (Lipinski definition) is 1. The van der Waals surface area contributed by atoms with Crippen molar-refractivity contribution in [2.24, 2.45) is 5.92 Å². The van der Waals surface area contributed by atoms with Gasteiger partial charge in [-0.3, -0.25) is 0 Å². The van der Waals surface area contributed by atoms with E-state index >= 15 is 0 Å². The Kier molecular flexibility index (Phi) is 5.79. The predicted molar refractivity (Wildman–Crippen MR) is 63.9 cm³/mol. The van der Waals surface area contributed by atoms with Crippen molar-refractivity contribution in [2.45, 2.75) is 44.9 Å². The lowest BCUT2D eigenvalue weighted by atomic mass is 9.86. The SMILES string of the molecule is S=[P+](S)CCCC1CCCCC1. The fourth-order valence-electron chi connectivity index (χ4n) is 1.99. The van der Waals surface area contributed by atoms with Gasteiger partial charge in [-0.05, 0) is 18.8 Å². The summed E-state index contributed by atoms with van der Waals surface area (Å²) in [6.07, 6.45) is 11.3. The van der Waals surface area contributed by atoms with E-state index in [1.165, 1.54) is 51.1 Å². The maximum Gasteiger partial charge on any atom is 0.241 e. The molecule has 0 nitrogen and oxygen atoms in total. The second kappa shape index (κ2) is 6.34. The standard InChI is InChI=1S/C9H17PS2/c11-10(12)8-4-7-9-5-2-1-3-6-9/h9H,1-8H2/p+1. The van der Waals surface area contributed by atoms with Gasteiger partial charge in [0, 0.05) is 0 Å². The van der Waals surface area contributed by atoms with Crippen LogP contribution in [0.1, 0.15) is 44.9 Å². The topological polar surface area (TPSA) is 0 Å². The lowest BCUT2D eigenvalue weighted by Crippen LogP contribution is -2.05. The molecule has 1 saturated carbocycles. The van der Waals surface area contributed by atoms with Crippen molar-refractivity contribution < 1.29 is 0 Å². The summed E-state index contributed by atoms with van der Waals surface area (Å²) < 4.78 is 0. The zero-order valence-electron chi connectivity index (χ0n) is 7.54. The molecule has 0 aliphatic heterocycles. The first-order chi connectivity index (χ1) is 5.79. The third-order valence-corrected chi connectivity index (χ3v) is 4.53. The highest BCUT2D eigenvalue weighted by Crippen LogP contribution is 2.31. The Bertz CT molecular complexity index is 141. The van der Waals surface area contributed by atoms with Gasteiger partial charge in [0.15, 0.2) is 11.8 Å². The van der Waals surface area contributed by atoms with Crippen LogP contribution in [0.5, 0.6) is 0 Å². The molecule has 1 aliphatic carbocycles. The first-order valence-electron chi connectivity index (χ1n) is 4.92. The van der Waals surface area contributed by atoms with Gasteiger partial charge in [0.1, 0.15) is 6.16 Å². The van der Waals surface area contributed by atoms with E-state index in [1.807, 2.05) is 0 Å². The molecule has 0 amide bonds. The van der Waals surface area contributed by atoms with Crippen LogP contribution in [0.25, 0.3) is 0 Å². The summed E-state index contributed by atoms with van der Waals surface area (Å²) in [5, 5.41) is 0. The van der Waals surface area contributed by atoms with Gasteiger partial charge in [-0.15, -0.1) is 0 Å². The van der Waals surface area contributed by atoms with E-state index in [2.05, 4.69) is 12.2 Å². The molecule has 0 aromatic rings. The largest absolute Gasteiger partial charge is 0.241 e. The zero-order chi connectivity index (χ0) is 8.81.